The van der Waals surface area contributed by atoms with Crippen molar-refractivity contribution in [3.8, 4) is 17.2 Å². The first kappa shape index (κ1) is 27.4. The van der Waals surface area contributed by atoms with Gasteiger partial charge in [-0.3, -0.25) is 9.78 Å². The normalized spacial score (nSPS) is 11.0. The van der Waals surface area contributed by atoms with Gasteiger partial charge < -0.3 is 14.2 Å². The molecule has 0 aliphatic heterocycles. The zero-order chi connectivity index (χ0) is 28.4. The lowest BCUT2D eigenvalue weighted by molar-refractivity contribution is -0.123. The molecule has 0 fully saturated rings. The molecule has 41 heavy (non-hydrogen) atoms. The summed E-state index contributed by atoms with van der Waals surface area (Å²) in [5, 5.41) is 7.39. The van der Waals surface area contributed by atoms with Crippen LogP contribution < -0.4 is 19.6 Å². The van der Waals surface area contributed by atoms with Crippen molar-refractivity contribution < 1.29 is 19.0 Å². The van der Waals surface area contributed by atoms with E-state index in [2.05, 4.69) is 46.4 Å². The first-order valence-corrected chi connectivity index (χ1v) is 13.4. The number of amides is 1. The van der Waals surface area contributed by atoms with E-state index in [0.717, 1.165) is 32.8 Å². The average molecular weight is 546 g/mol. The molecule has 0 bridgehead atoms. The molecule has 0 spiro atoms. The first-order valence-electron chi connectivity index (χ1n) is 13.4. The fourth-order valence-electron chi connectivity index (χ4n) is 4.61. The van der Waals surface area contributed by atoms with Gasteiger partial charge in [-0.2, -0.15) is 5.10 Å². The number of rotatable bonds is 12. The van der Waals surface area contributed by atoms with E-state index < -0.39 is 0 Å². The number of nitrogens with one attached hydrogen (secondary N) is 1. The van der Waals surface area contributed by atoms with Gasteiger partial charge >= 0.3 is 0 Å². The summed E-state index contributed by atoms with van der Waals surface area (Å²) in [6.07, 6.45) is 5.65. The van der Waals surface area contributed by atoms with Crippen molar-refractivity contribution in [2.45, 2.75) is 20.0 Å². The zero-order valence-corrected chi connectivity index (χ0v) is 22.9. The van der Waals surface area contributed by atoms with Gasteiger partial charge in [0.2, 0.25) is 0 Å². The number of fused-ring (bicyclic) bond motifs is 2. The van der Waals surface area contributed by atoms with Crippen LogP contribution in [0.3, 0.4) is 0 Å². The number of ether oxygens (including phenoxy) is 3. The number of aromatic nitrogens is 1. The topological polar surface area (TPSA) is 82.0 Å². The van der Waals surface area contributed by atoms with E-state index >= 15 is 0 Å². The van der Waals surface area contributed by atoms with E-state index in [-0.39, 0.29) is 12.5 Å². The van der Waals surface area contributed by atoms with Crippen LogP contribution in [0, 0.1) is 0 Å². The van der Waals surface area contributed by atoms with Crippen molar-refractivity contribution in [2.75, 3.05) is 13.2 Å². The molecule has 7 heteroatoms. The highest BCUT2D eigenvalue weighted by molar-refractivity contribution is 5.87. The van der Waals surface area contributed by atoms with Gasteiger partial charge in [0, 0.05) is 17.1 Å². The lowest BCUT2D eigenvalue weighted by Gasteiger charge is -2.17. The van der Waals surface area contributed by atoms with Crippen molar-refractivity contribution in [3.63, 3.8) is 0 Å². The Labute approximate surface area is 239 Å². The number of pyridine rings is 1. The molecule has 7 nitrogen and oxygen atoms in total. The number of benzene rings is 4. The highest BCUT2D eigenvalue weighted by atomic mass is 16.5. The fraction of sp³-hybridized carbons (Fsp3) is 0.147. The molecule has 0 saturated carbocycles. The number of carbonyl (C=O) groups is 1. The summed E-state index contributed by atoms with van der Waals surface area (Å²) < 4.78 is 18.0. The van der Waals surface area contributed by atoms with Gasteiger partial charge in [-0.15, -0.1) is 6.58 Å². The number of allylic oxidation sites excluding steroid dienone is 1. The summed E-state index contributed by atoms with van der Waals surface area (Å²) in [5.74, 6) is 1.42. The number of carbonyl (C=O) groups excluding carboxylic acids is 1. The molecule has 0 atom stereocenters. The molecule has 1 N–H and O–H groups in total. The number of hydrogen-bond donors (Lipinski definition) is 1. The predicted octanol–water partition coefficient (Wildman–Crippen LogP) is 6.62. The molecule has 1 aromatic heterocycles. The van der Waals surface area contributed by atoms with Crippen molar-refractivity contribution in [2.24, 2.45) is 5.10 Å². The molecular weight excluding hydrogens is 514 g/mol. The third-order valence-electron chi connectivity index (χ3n) is 6.43. The second-order valence-corrected chi connectivity index (χ2v) is 9.27. The summed E-state index contributed by atoms with van der Waals surface area (Å²) in [6.45, 7) is 6.49. The molecular formula is C34H31N3O4. The summed E-state index contributed by atoms with van der Waals surface area (Å²) in [7, 11) is 0. The molecule has 1 heterocycles. The molecule has 0 unspecified atom stereocenters. The monoisotopic (exact) mass is 545 g/mol. The molecule has 1 amide bonds. The Kier molecular flexibility index (Phi) is 8.86. The number of hydrogen-bond acceptors (Lipinski definition) is 6. The second-order valence-electron chi connectivity index (χ2n) is 9.27. The molecule has 0 aliphatic carbocycles. The van der Waals surface area contributed by atoms with Crippen molar-refractivity contribution in [1.29, 1.82) is 0 Å². The van der Waals surface area contributed by atoms with Crippen LogP contribution in [0.25, 0.3) is 21.7 Å². The van der Waals surface area contributed by atoms with Gasteiger partial charge in [0.25, 0.3) is 5.91 Å². The highest BCUT2D eigenvalue weighted by Crippen LogP contribution is 2.35. The molecule has 5 aromatic rings. The zero-order valence-electron chi connectivity index (χ0n) is 22.9. The summed E-state index contributed by atoms with van der Waals surface area (Å²) >= 11 is 0. The molecule has 206 valence electrons. The van der Waals surface area contributed by atoms with E-state index in [0.29, 0.717) is 42.4 Å². The molecule has 4 aromatic carbocycles. The van der Waals surface area contributed by atoms with Crippen LogP contribution in [0.1, 0.15) is 23.6 Å². The fourth-order valence-corrected chi connectivity index (χ4v) is 4.61. The van der Waals surface area contributed by atoms with Crippen LogP contribution in [0.2, 0.25) is 0 Å². The van der Waals surface area contributed by atoms with E-state index in [1.165, 1.54) is 0 Å². The minimum absolute atomic E-state index is 0.195. The summed E-state index contributed by atoms with van der Waals surface area (Å²) in [6, 6.07) is 27.6. The van der Waals surface area contributed by atoms with Gasteiger partial charge in [-0.05, 0) is 59.5 Å². The van der Waals surface area contributed by atoms with Gasteiger partial charge in [-0.1, -0.05) is 66.7 Å². The minimum Gasteiger partial charge on any atom is -0.490 e. The van der Waals surface area contributed by atoms with Gasteiger partial charge in [0.15, 0.2) is 18.1 Å². The standard InChI is InChI=1S/C34H31N3O4/c1-3-10-27-19-24(21-36-37-32(38)23-40-30-17-8-13-26-15-9-18-35-33(26)30)20-31(39-4-2)34(27)41-22-28-14-7-12-25-11-5-6-16-29(25)28/h3,5-9,11-21H,1,4,10,22-23H2,2H3,(H,37,38)/b36-21+. The Hall–Kier alpha value is -5.17. The van der Waals surface area contributed by atoms with Crippen molar-refractivity contribution in [1.82, 2.24) is 10.4 Å². The molecule has 0 radical (unpaired) electrons. The van der Waals surface area contributed by atoms with Crippen LogP contribution in [-0.4, -0.2) is 30.3 Å². The Morgan fingerprint density at radius 2 is 1.71 bits per heavy atom. The van der Waals surface area contributed by atoms with E-state index in [9.17, 15) is 4.79 Å². The maximum absolute atomic E-state index is 12.4. The van der Waals surface area contributed by atoms with Crippen LogP contribution >= 0.6 is 0 Å². The maximum Gasteiger partial charge on any atom is 0.277 e. The SMILES string of the molecule is C=CCc1cc(/C=N/NC(=O)COc2cccc3cccnc23)cc(OCC)c1OCc1cccc2ccccc12. The number of nitrogens with zero attached hydrogens (tertiary/aromatic N) is 2. The minimum atomic E-state index is -0.388. The van der Waals surface area contributed by atoms with Crippen LogP contribution in [0.15, 0.2) is 109 Å². The number of hydrazone groups is 1. The second kappa shape index (κ2) is 13.3. The van der Waals surface area contributed by atoms with Crippen molar-refractivity contribution in [3.05, 3.63) is 120 Å². The maximum atomic E-state index is 12.4. The quantitative estimate of drug-likeness (QED) is 0.108. The van der Waals surface area contributed by atoms with E-state index in [1.807, 2.05) is 67.6 Å². The first-order chi connectivity index (χ1) is 20.2. The lowest BCUT2D eigenvalue weighted by Crippen LogP contribution is -2.24. The third kappa shape index (κ3) is 6.70. The Morgan fingerprint density at radius 1 is 0.902 bits per heavy atom. The lowest BCUT2D eigenvalue weighted by atomic mass is 10.0. The largest absolute Gasteiger partial charge is 0.490 e. The van der Waals surface area contributed by atoms with Crippen molar-refractivity contribution >= 4 is 33.8 Å². The van der Waals surface area contributed by atoms with Gasteiger partial charge in [0.1, 0.15) is 17.9 Å². The Balaban J connectivity index is 1.28. The van der Waals surface area contributed by atoms with Crippen LogP contribution in [0.4, 0.5) is 0 Å². The molecule has 0 aliphatic rings. The van der Waals surface area contributed by atoms with E-state index in [1.54, 1.807) is 18.5 Å². The Bertz CT molecular complexity index is 1700. The molecule has 5 rings (SSSR count). The van der Waals surface area contributed by atoms with Crippen LogP contribution in [0.5, 0.6) is 17.2 Å². The third-order valence-corrected chi connectivity index (χ3v) is 6.43. The summed E-state index contributed by atoms with van der Waals surface area (Å²) in [4.78, 5) is 16.8. The van der Waals surface area contributed by atoms with Gasteiger partial charge in [-0.25, -0.2) is 5.43 Å². The van der Waals surface area contributed by atoms with Crippen LogP contribution in [-0.2, 0) is 17.8 Å². The highest BCUT2D eigenvalue weighted by Gasteiger charge is 2.14. The Morgan fingerprint density at radius 3 is 2.59 bits per heavy atom. The predicted molar refractivity (Wildman–Crippen MR) is 163 cm³/mol. The summed E-state index contributed by atoms with van der Waals surface area (Å²) in [5.41, 5.74) is 5.97. The smallest absolute Gasteiger partial charge is 0.277 e. The number of para-hydroxylation sites is 1. The average Bonchev–Trinajstić information content (AvgIpc) is 3.00. The van der Waals surface area contributed by atoms with E-state index in [4.69, 9.17) is 14.2 Å². The molecule has 0 saturated heterocycles. The van der Waals surface area contributed by atoms with Gasteiger partial charge in [0.05, 0.1) is 12.8 Å².